The van der Waals surface area contributed by atoms with Crippen LogP contribution in [0.15, 0.2) is 89.5 Å². The number of rotatable bonds is 6. The van der Waals surface area contributed by atoms with E-state index in [2.05, 4.69) is 5.32 Å². The molecule has 0 spiro atoms. The lowest BCUT2D eigenvalue weighted by Crippen LogP contribution is -2.50. The summed E-state index contributed by atoms with van der Waals surface area (Å²) in [4.78, 5) is 28.2. The zero-order chi connectivity index (χ0) is 25.2. The van der Waals surface area contributed by atoms with Gasteiger partial charge in [-0.3, -0.25) is 9.59 Å². The van der Waals surface area contributed by atoms with Crippen molar-refractivity contribution in [1.82, 2.24) is 4.90 Å². The lowest BCUT2D eigenvalue weighted by atomic mass is 9.93. The molecule has 0 fully saturated rings. The Labute approximate surface area is 213 Å². The average Bonchev–Trinajstić information content (AvgIpc) is 3.63. The third kappa shape index (κ3) is 4.73. The number of hydrogen-bond acceptors (Lipinski definition) is 6. The average molecular weight is 497 g/mol. The second kappa shape index (κ2) is 9.73. The molecule has 186 valence electrons. The maximum absolute atomic E-state index is 13.5. The van der Waals surface area contributed by atoms with Crippen LogP contribution in [-0.2, 0) is 24.4 Å². The van der Waals surface area contributed by atoms with Crippen LogP contribution in [0.4, 0.5) is 5.69 Å². The minimum absolute atomic E-state index is 0.206. The Bertz CT molecular complexity index is 1450. The Morgan fingerprint density at radius 3 is 2.65 bits per heavy atom. The van der Waals surface area contributed by atoms with E-state index < -0.39 is 6.04 Å². The van der Waals surface area contributed by atoms with Gasteiger partial charge in [-0.05, 0) is 53.1 Å². The monoisotopic (exact) mass is 496 g/mol. The second-order valence-electron chi connectivity index (χ2n) is 8.89. The fraction of sp³-hybridized carbons (Fsp3) is 0.172. The van der Waals surface area contributed by atoms with Crippen molar-refractivity contribution in [3.8, 4) is 17.2 Å². The molecular formula is C29H24N2O6. The first kappa shape index (κ1) is 22.7. The molecule has 8 nitrogen and oxygen atoms in total. The number of furan rings is 1. The molecule has 0 bridgehead atoms. The number of benzene rings is 3. The molecule has 0 radical (unpaired) electrons. The molecule has 3 heterocycles. The molecule has 3 aromatic carbocycles. The number of hydrogen-bond donors (Lipinski definition) is 1. The van der Waals surface area contributed by atoms with Gasteiger partial charge in [0.1, 0.15) is 18.4 Å². The fourth-order valence-corrected chi connectivity index (χ4v) is 4.61. The summed E-state index contributed by atoms with van der Waals surface area (Å²) >= 11 is 0. The molecule has 2 aliphatic rings. The summed E-state index contributed by atoms with van der Waals surface area (Å²) in [7, 11) is 0. The van der Waals surface area contributed by atoms with Crippen LogP contribution < -0.4 is 19.5 Å². The highest BCUT2D eigenvalue weighted by Gasteiger charge is 2.36. The quantitative estimate of drug-likeness (QED) is 0.413. The van der Waals surface area contributed by atoms with Crippen molar-refractivity contribution in [2.75, 3.05) is 12.1 Å². The van der Waals surface area contributed by atoms with Gasteiger partial charge in [-0.1, -0.05) is 36.4 Å². The van der Waals surface area contributed by atoms with Crippen molar-refractivity contribution in [2.24, 2.45) is 0 Å². The summed E-state index contributed by atoms with van der Waals surface area (Å²) in [6.45, 7) is 0.845. The van der Waals surface area contributed by atoms with E-state index in [0.29, 0.717) is 42.5 Å². The molecule has 2 amide bonds. The van der Waals surface area contributed by atoms with E-state index in [1.165, 1.54) is 6.26 Å². The van der Waals surface area contributed by atoms with E-state index >= 15 is 0 Å². The Balaban J connectivity index is 1.17. The van der Waals surface area contributed by atoms with E-state index in [0.717, 1.165) is 16.7 Å². The Morgan fingerprint density at radius 1 is 0.919 bits per heavy atom. The van der Waals surface area contributed by atoms with Crippen LogP contribution in [-0.4, -0.2) is 29.5 Å². The zero-order valence-electron chi connectivity index (χ0n) is 19.9. The molecule has 0 saturated carbocycles. The third-order valence-electron chi connectivity index (χ3n) is 6.49. The van der Waals surface area contributed by atoms with Crippen LogP contribution in [0.3, 0.4) is 0 Å². The summed E-state index contributed by atoms with van der Waals surface area (Å²) in [5.74, 6) is 1.64. The third-order valence-corrected chi connectivity index (χ3v) is 6.49. The van der Waals surface area contributed by atoms with E-state index in [1.54, 1.807) is 23.1 Å². The minimum Gasteiger partial charge on any atom is -0.489 e. The molecule has 0 saturated heterocycles. The summed E-state index contributed by atoms with van der Waals surface area (Å²) in [6, 6.07) is 23.3. The number of nitrogens with zero attached hydrogens (tertiary/aromatic N) is 1. The van der Waals surface area contributed by atoms with Gasteiger partial charge in [-0.25, -0.2) is 0 Å². The molecule has 2 aliphatic heterocycles. The highest BCUT2D eigenvalue weighted by Crippen LogP contribution is 2.35. The normalized spacial score (nSPS) is 15.7. The Kier molecular flexibility index (Phi) is 5.98. The summed E-state index contributed by atoms with van der Waals surface area (Å²) in [5, 5.41) is 2.99. The number of carbonyl (C=O) groups excluding carboxylic acids is 2. The molecule has 1 aromatic heterocycles. The molecule has 37 heavy (non-hydrogen) atoms. The van der Waals surface area contributed by atoms with E-state index in [1.807, 2.05) is 60.7 Å². The van der Waals surface area contributed by atoms with Gasteiger partial charge in [0.05, 0.1) is 6.26 Å². The van der Waals surface area contributed by atoms with Crippen molar-refractivity contribution in [3.05, 3.63) is 108 Å². The van der Waals surface area contributed by atoms with Gasteiger partial charge in [-0.2, -0.15) is 0 Å². The first-order valence-corrected chi connectivity index (χ1v) is 12.0. The Hall–Kier alpha value is -4.72. The number of fused-ring (bicyclic) bond motifs is 2. The van der Waals surface area contributed by atoms with E-state index in [4.69, 9.17) is 18.6 Å². The molecule has 1 unspecified atom stereocenters. The number of ether oxygens (including phenoxy) is 3. The van der Waals surface area contributed by atoms with Crippen molar-refractivity contribution in [1.29, 1.82) is 0 Å². The number of anilines is 1. The van der Waals surface area contributed by atoms with Gasteiger partial charge in [0, 0.05) is 24.7 Å². The first-order valence-electron chi connectivity index (χ1n) is 12.0. The second-order valence-corrected chi connectivity index (χ2v) is 8.89. The molecular weight excluding hydrogens is 472 g/mol. The first-order chi connectivity index (χ1) is 18.1. The predicted octanol–water partition coefficient (Wildman–Crippen LogP) is 4.79. The van der Waals surface area contributed by atoms with Gasteiger partial charge in [0.25, 0.3) is 5.91 Å². The predicted molar refractivity (Wildman–Crippen MR) is 134 cm³/mol. The summed E-state index contributed by atoms with van der Waals surface area (Å²) < 4.78 is 22.0. The SMILES string of the molecule is O=C(Nc1cccc(COc2ccc3c(c2)OCO3)c1)C1Cc2ccccc2CN1C(=O)c1ccco1. The molecule has 1 N–H and O–H groups in total. The number of amides is 2. The van der Waals surface area contributed by atoms with Gasteiger partial charge < -0.3 is 28.8 Å². The molecule has 8 heteroatoms. The highest BCUT2D eigenvalue weighted by molar-refractivity contribution is 6.00. The van der Waals surface area contributed by atoms with Gasteiger partial charge in [-0.15, -0.1) is 0 Å². The molecule has 6 rings (SSSR count). The lowest BCUT2D eigenvalue weighted by Gasteiger charge is -2.35. The molecule has 0 aliphatic carbocycles. The van der Waals surface area contributed by atoms with Crippen molar-refractivity contribution in [2.45, 2.75) is 25.6 Å². The molecule has 1 atom stereocenters. The lowest BCUT2D eigenvalue weighted by molar-refractivity contribution is -0.121. The maximum Gasteiger partial charge on any atom is 0.290 e. The van der Waals surface area contributed by atoms with Crippen LogP contribution in [0.25, 0.3) is 0 Å². The smallest absolute Gasteiger partial charge is 0.290 e. The van der Waals surface area contributed by atoms with E-state index in [9.17, 15) is 9.59 Å². The zero-order valence-corrected chi connectivity index (χ0v) is 19.9. The summed E-state index contributed by atoms with van der Waals surface area (Å²) in [5.41, 5.74) is 3.58. The number of carbonyl (C=O) groups is 2. The highest BCUT2D eigenvalue weighted by atomic mass is 16.7. The maximum atomic E-state index is 13.5. The van der Waals surface area contributed by atoms with Crippen LogP contribution in [0.1, 0.15) is 27.2 Å². The largest absolute Gasteiger partial charge is 0.489 e. The van der Waals surface area contributed by atoms with Crippen LogP contribution >= 0.6 is 0 Å². The standard InChI is InChI=1S/C29H24N2O6/c32-28(24-14-20-6-1-2-7-21(20)16-31(24)29(33)26-9-4-12-34-26)30-22-8-3-5-19(13-22)17-35-23-10-11-25-27(15-23)37-18-36-25/h1-13,15,24H,14,16-18H2,(H,30,32). The van der Waals surface area contributed by atoms with E-state index in [-0.39, 0.29) is 24.4 Å². The topological polar surface area (TPSA) is 90.2 Å². The van der Waals surface area contributed by atoms with Crippen LogP contribution in [0.2, 0.25) is 0 Å². The fourth-order valence-electron chi connectivity index (χ4n) is 4.61. The van der Waals surface area contributed by atoms with Crippen LogP contribution in [0, 0.1) is 0 Å². The van der Waals surface area contributed by atoms with Crippen LogP contribution in [0.5, 0.6) is 17.2 Å². The van der Waals surface area contributed by atoms with Gasteiger partial charge >= 0.3 is 0 Å². The van der Waals surface area contributed by atoms with Gasteiger partial charge in [0.2, 0.25) is 12.7 Å². The van der Waals surface area contributed by atoms with Crippen molar-refractivity contribution in [3.63, 3.8) is 0 Å². The Morgan fingerprint density at radius 2 is 1.78 bits per heavy atom. The van der Waals surface area contributed by atoms with Gasteiger partial charge in [0.15, 0.2) is 17.3 Å². The minimum atomic E-state index is -0.680. The molecule has 4 aromatic rings. The summed E-state index contributed by atoms with van der Waals surface area (Å²) in [6.07, 6.45) is 1.87. The number of nitrogens with one attached hydrogen (secondary N) is 1. The van der Waals surface area contributed by atoms with Crippen molar-refractivity contribution < 1.29 is 28.2 Å². The van der Waals surface area contributed by atoms with Crippen molar-refractivity contribution >= 4 is 17.5 Å².